The molecular weight excluding hydrogens is 576 g/mol. The van der Waals surface area contributed by atoms with Crippen molar-refractivity contribution in [2.45, 2.75) is 121 Å². The zero-order valence-electron chi connectivity index (χ0n) is 27.0. The van der Waals surface area contributed by atoms with E-state index >= 15 is 0 Å². The first-order chi connectivity index (χ1) is 20.8. The molecule has 0 radical (unpaired) electrons. The van der Waals surface area contributed by atoms with E-state index in [4.69, 9.17) is 4.74 Å². The van der Waals surface area contributed by atoms with Gasteiger partial charge >= 0.3 is 5.97 Å². The van der Waals surface area contributed by atoms with Gasteiger partial charge in [-0.2, -0.15) is 0 Å². The van der Waals surface area contributed by atoms with Crippen molar-refractivity contribution in [3.63, 3.8) is 0 Å². The molecule has 4 aliphatic rings. The molecule has 3 fully saturated rings. The van der Waals surface area contributed by atoms with Crippen molar-refractivity contribution < 1.29 is 45.0 Å². The van der Waals surface area contributed by atoms with Crippen molar-refractivity contribution in [3.8, 4) is 0 Å². The van der Waals surface area contributed by atoms with Crippen LogP contribution >= 0.6 is 0 Å². The van der Waals surface area contributed by atoms with E-state index in [0.29, 0.717) is 12.0 Å². The van der Waals surface area contributed by atoms with Crippen molar-refractivity contribution in [2.75, 3.05) is 0 Å². The lowest BCUT2D eigenvalue weighted by molar-refractivity contribution is -0.199. The number of rotatable bonds is 8. The van der Waals surface area contributed by atoms with Gasteiger partial charge in [-0.25, -0.2) is 4.79 Å². The lowest BCUT2D eigenvalue weighted by Crippen LogP contribution is -2.66. The lowest BCUT2D eigenvalue weighted by Gasteiger charge is -2.62. The SMILES string of the molecule is CC(C)(O)CC[C@@H](O)[C@](C)(O)[C@H]1CC[C@@]2(O)C3=CC(=O)[C@@H]4C[C@@H](O)[C@@H](OC(=O)/C=C/c5ccccc5)C[C@]4(C)[C@H]3[C@H](O)C[C@]12C. The minimum Gasteiger partial charge on any atom is -0.456 e. The average molecular weight is 627 g/mol. The third-order valence-corrected chi connectivity index (χ3v) is 11.9. The molecule has 0 amide bonds. The zero-order valence-corrected chi connectivity index (χ0v) is 27.0. The van der Waals surface area contributed by atoms with E-state index in [0.717, 1.165) is 5.56 Å². The number of aliphatic hydroxyl groups excluding tert-OH is 3. The first kappa shape index (κ1) is 33.9. The summed E-state index contributed by atoms with van der Waals surface area (Å²) in [5.74, 6) is -2.76. The number of carbonyl (C=O) groups excluding carboxylic acids is 2. The molecule has 1 aromatic rings. The molecule has 0 aromatic heterocycles. The summed E-state index contributed by atoms with van der Waals surface area (Å²) in [6.45, 7) is 8.51. The highest BCUT2D eigenvalue weighted by Gasteiger charge is 2.71. The number of hydrogen-bond acceptors (Lipinski definition) is 9. The molecule has 248 valence electrons. The maximum atomic E-state index is 13.7. The second kappa shape index (κ2) is 11.7. The van der Waals surface area contributed by atoms with Crippen LogP contribution in [0.5, 0.6) is 0 Å². The molecule has 11 atom stereocenters. The maximum Gasteiger partial charge on any atom is 0.331 e. The van der Waals surface area contributed by atoms with Gasteiger partial charge in [-0.05, 0) is 100 Å². The largest absolute Gasteiger partial charge is 0.456 e. The van der Waals surface area contributed by atoms with Crippen LogP contribution in [-0.2, 0) is 14.3 Å². The molecule has 0 aliphatic heterocycles. The van der Waals surface area contributed by atoms with Gasteiger partial charge in [-0.3, -0.25) is 4.79 Å². The minimum atomic E-state index is -1.63. The molecule has 0 spiro atoms. The zero-order chi connectivity index (χ0) is 33.2. The monoisotopic (exact) mass is 626 g/mol. The van der Waals surface area contributed by atoms with Crippen molar-refractivity contribution >= 4 is 17.8 Å². The number of benzene rings is 1. The van der Waals surface area contributed by atoms with Crippen LogP contribution < -0.4 is 0 Å². The van der Waals surface area contributed by atoms with Crippen LogP contribution in [0.4, 0.5) is 0 Å². The first-order valence-electron chi connectivity index (χ1n) is 16.2. The van der Waals surface area contributed by atoms with Crippen LogP contribution in [0.2, 0.25) is 0 Å². The predicted octanol–water partition coefficient (Wildman–Crippen LogP) is 3.09. The molecule has 0 unspecified atom stereocenters. The number of esters is 1. The van der Waals surface area contributed by atoms with Gasteiger partial charge in [0.25, 0.3) is 0 Å². The molecule has 1 aromatic carbocycles. The van der Waals surface area contributed by atoms with E-state index in [9.17, 15) is 40.2 Å². The first-order valence-corrected chi connectivity index (χ1v) is 16.2. The number of allylic oxidation sites excluding steroid dienone is 1. The third kappa shape index (κ3) is 5.85. The Bertz CT molecular complexity index is 1350. The van der Waals surface area contributed by atoms with E-state index in [-0.39, 0.29) is 44.3 Å². The number of ketones is 1. The van der Waals surface area contributed by atoms with Gasteiger partial charge in [0.05, 0.1) is 35.1 Å². The van der Waals surface area contributed by atoms with Gasteiger partial charge in [-0.1, -0.05) is 44.2 Å². The van der Waals surface area contributed by atoms with Crippen molar-refractivity contribution in [1.82, 2.24) is 0 Å². The van der Waals surface area contributed by atoms with Crippen molar-refractivity contribution in [2.24, 2.45) is 28.6 Å². The van der Waals surface area contributed by atoms with Gasteiger partial charge in [0.1, 0.15) is 6.10 Å². The third-order valence-electron chi connectivity index (χ3n) is 11.9. The topological polar surface area (TPSA) is 165 Å². The summed E-state index contributed by atoms with van der Waals surface area (Å²) in [7, 11) is 0. The van der Waals surface area contributed by atoms with E-state index in [1.807, 2.05) is 44.2 Å². The fraction of sp³-hybridized carbons (Fsp3) is 0.667. The fourth-order valence-electron chi connectivity index (χ4n) is 9.45. The normalized spacial score (nSPS) is 40.2. The average Bonchev–Trinajstić information content (AvgIpc) is 3.23. The Hall–Kier alpha value is -2.40. The molecule has 4 aliphatic carbocycles. The number of hydrogen-bond donors (Lipinski definition) is 6. The molecule has 6 N–H and O–H groups in total. The molecule has 9 nitrogen and oxygen atoms in total. The standard InChI is InChI=1S/C36H50O9/c1-32(2,42)15-14-29(40)35(5,43)28-13-16-36(44)23-18-24(37)22-17-25(38)27(45-30(41)12-11-21-9-7-6-8-10-21)20-33(22,3)31(23)26(39)19-34(28,36)4/h6-12,18,22,25-29,31,38-40,42-44H,13-17,19-20H2,1-5H3/b12-11+/t22-,25+,26+,27-,28-,29+,31+,33-,34+,35+,36+/m0/s1. The highest BCUT2D eigenvalue weighted by atomic mass is 16.6. The van der Waals surface area contributed by atoms with Crippen molar-refractivity contribution in [1.29, 1.82) is 0 Å². The summed E-state index contributed by atoms with van der Waals surface area (Å²) >= 11 is 0. The number of aliphatic hydroxyl groups is 6. The number of ether oxygens (including phenoxy) is 1. The van der Waals surface area contributed by atoms with Crippen molar-refractivity contribution in [3.05, 3.63) is 53.6 Å². The van der Waals surface area contributed by atoms with Crippen LogP contribution in [-0.4, -0.2) is 83.6 Å². The van der Waals surface area contributed by atoms with Gasteiger partial charge in [0.15, 0.2) is 5.78 Å². The Labute approximate surface area is 265 Å². The highest BCUT2D eigenvalue weighted by molar-refractivity contribution is 5.95. The van der Waals surface area contributed by atoms with Gasteiger partial charge in [-0.15, -0.1) is 0 Å². The molecule has 0 bridgehead atoms. The Morgan fingerprint density at radius 3 is 2.40 bits per heavy atom. The Balaban J connectivity index is 1.41. The summed E-state index contributed by atoms with van der Waals surface area (Å²) in [4.78, 5) is 26.5. The van der Waals surface area contributed by atoms with Crippen LogP contribution in [0.3, 0.4) is 0 Å². The molecule has 5 rings (SSSR count). The second-order valence-corrected chi connectivity index (χ2v) is 15.5. The summed E-state index contributed by atoms with van der Waals surface area (Å²) in [6, 6.07) is 9.27. The van der Waals surface area contributed by atoms with Crippen LogP contribution in [0.15, 0.2) is 48.1 Å². The van der Waals surface area contributed by atoms with E-state index in [1.54, 1.807) is 26.8 Å². The minimum absolute atomic E-state index is 0.0586. The van der Waals surface area contributed by atoms with Crippen LogP contribution in [0, 0.1) is 28.6 Å². The van der Waals surface area contributed by atoms with Gasteiger partial charge in [0, 0.05) is 23.3 Å². The Kier molecular flexibility index (Phi) is 8.82. The fourth-order valence-corrected chi connectivity index (χ4v) is 9.45. The lowest BCUT2D eigenvalue weighted by atomic mass is 9.44. The molecular formula is C36H50O9. The molecule has 45 heavy (non-hydrogen) atoms. The van der Waals surface area contributed by atoms with E-state index < -0.39 is 75.8 Å². The Morgan fingerprint density at radius 2 is 1.76 bits per heavy atom. The van der Waals surface area contributed by atoms with Gasteiger partial charge in [0.2, 0.25) is 0 Å². The van der Waals surface area contributed by atoms with E-state index in [1.165, 1.54) is 12.2 Å². The van der Waals surface area contributed by atoms with Crippen LogP contribution in [0.1, 0.15) is 85.1 Å². The molecule has 9 heteroatoms. The maximum absolute atomic E-state index is 13.7. The highest BCUT2D eigenvalue weighted by Crippen LogP contribution is 2.68. The smallest absolute Gasteiger partial charge is 0.331 e. The molecule has 0 saturated heterocycles. The molecule has 0 heterocycles. The summed E-state index contributed by atoms with van der Waals surface area (Å²) < 4.78 is 5.73. The predicted molar refractivity (Wildman–Crippen MR) is 167 cm³/mol. The summed E-state index contributed by atoms with van der Waals surface area (Å²) in [5.41, 5.74) is -4.95. The summed E-state index contributed by atoms with van der Waals surface area (Å²) in [5, 5.41) is 68.4. The molecule has 3 saturated carbocycles. The summed E-state index contributed by atoms with van der Waals surface area (Å²) in [6.07, 6.45) is 1.52. The van der Waals surface area contributed by atoms with Gasteiger partial charge < -0.3 is 35.4 Å². The number of fused-ring (bicyclic) bond motifs is 5. The van der Waals surface area contributed by atoms with E-state index in [2.05, 4.69) is 0 Å². The Morgan fingerprint density at radius 1 is 1.09 bits per heavy atom. The second-order valence-electron chi connectivity index (χ2n) is 15.5. The number of carbonyl (C=O) groups is 2. The van der Waals surface area contributed by atoms with Crippen LogP contribution in [0.25, 0.3) is 6.08 Å². The quantitative estimate of drug-likeness (QED) is 0.188.